The largest absolute Gasteiger partial charge is 0.439 e. The molecule has 0 atom stereocenters. The fraction of sp³-hybridized carbons (Fsp3) is 0. The number of nitrogens with one attached hydrogen (secondary N) is 1. The summed E-state index contributed by atoms with van der Waals surface area (Å²) in [5.74, 6) is 1.11. The standard InChI is InChI=1S/C12H11N3OS/c13-12(14)9-5-4-8(7-10(9)17)16-11-3-1-2-6-15-11/h1-7,17H,(H3,13,14). The molecule has 0 bridgehead atoms. The van der Waals surface area contributed by atoms with Gasteiger partial charge in [0, 0.05) is 22.7 Å². The van der Waals surface area contributed by atoms with Gasteiger partial charge in [-0.15, -0.1) is 12.6 Å². The predicted octanol–water partition coefficient (Wildman–Crippen LogP) is 2.45. The molecule has 0 saturated heterocycles. The molecular weight excluding hydrogens is 234 g/mol. The van der Waals surface area contributed by atoms with E-state index in [4.69, 9.17) is 15.9 Å². The van der Waals surface area contributed by atoms with Crippen LogP contribution in [0.3, 0.4) is 0 Å². The first kappa shape index (κ1) is 11.5. The molecule has 5 heteroatoms. The molecule has 17 heavy (non-hydrogen) atoms. The van der Waals surface area contributed by atoms with E-state index in [1.807, 2.05) is 12.1 Å². The molecule has 0 aliphatic carbocycles. The van der Waals surface area contributed by atoms with Crippen LogP contribution in [0.1, 0.15) is 5.56 Å². The van der Waals surface area contributed by atoms with Crippen LogP contribution in [0.15, 0.2) is 47.5 Å². The Morgan fingerprint density at radius 1 is 1.29 bits per heavy atom. The maximum Gasteiger partial charge on any atom is 0.219 e. The van der Waals surface area contributed by atoms with Gasteiger partial charge in [0.15, 0.2) is 0 Å². The Morgan fingerprint density at radius 2 is 2.12 bits per heavy atom. The summed E-state index contributed by atoms with van der Waals surface area (Å²) in [6.45, 7) is 0. The number of hydrogen-bond acceptors (Lipinski definition) is 4. The minimum Gasteiger partial charge on any atom is -0.439 e. The van der Waals surface area contributed by atoms with Crippen LogP contribution in [0.4, 0.5) is 0 Å². The van der Waals surface area contributed by atoms with E-state index in [1.165, 1.54) is 0 Å². The summed E-state index contributed by atoms with van der Waals surface area (Å²) < 4.78 is 5.52. The Labute approximate surface area is 104 Å². The molecule has 86 valence electrons. The van der Waals surface area contributed by atoms with E-state index in [2.05, 4.69) is 17.6 Å². The molecule has 0 fully saturated rings. The molecule has 0 radical (unpaired) electrons. The summed E-state index contributed by atoms with van der Waals surface area (Å²) in [5.41, 5.74) is 5.98. The maximum atomic E-state index is 7.34. The smallest absolute Gasteiger partial charge is 0.219 e. The van der Waals surface area contributed by atoms with Crippen molar-refractivity contribution >= 4 is 18.5 Å². The van der Waals surface area contributed by atoms with E-state index in [0.717, 1.165) is 0 Å². The molecule has 0 aliphatic rings. The van der Waals surface area contributed by atoms with Crippen molar-refractivity contribution < 1.29 is 4.74 Å². The van der Waals surface area contributed by atoms with Gasteiger partial charge in [-0.3, -0.25) is 5.41 Å². The molecule has 3 N–H and O–H groups in total. The Hall–Kier alpha value is -2.01. The lowest BCUT2D eigenvalue weighted by Gasteiger charge is -2.07. The van der Waals surface area contributed by atoms with Gasteiger partial charge in [-0.25, -0.2) is 4.98 Å². The van der Waals surface area contributed by atoms with Gasteiger partial charge in [0.05, 0.1) is 0 Å². The molecule has 2 aromatic rings. The molecule has 0 aliphatic heterocycles. The first-order valence-electron chi connectivity index (χ1n) is 4.93. The van der Waals surface area contributed by atoms with Gasteiger partial charge in [-0.05, 0) is 24.3 Å². The number of amidine groups is 1. The zero-order valence-electron chi connectivity index (χ0n) is 8.92. The van der Waals surface area contributed by atoms with Crippen molar-refractivity contribution in [3.8, 4) is 11.6 Å². The molecule has 1 aromatic heterocycles. The highest BCUT2D eigenvalue weighted by Gasteiger charge is 2.05. The van der Waals surface area contributed by atoms with E-state index in [0.29, 0.717) is 22.1 Å². The third-order valence-corrected chi connectivity index (χ3v) is 2.49. The summed E-state index contributed by atoms with van der Waals surface area (Å²) in [6, 6.07) is 10.5. The number of thiol groups is 1. The van der Waals surface area contributed by atoms with Gasteiger partial charge in [-0.1, -0.05) is 6.07 Å². The van der Waals surface area contributed by atoms with E-state index in [9.17, 15) is 0 Å². The topological polar surface area (TPSA) is 72.0 Å². The molecule has 2 rings (SSSR count). The van der Waals surface area contributed by atoms with Crippen molar-refractivity contribution in [2.24, 2.45) is 5.73 Å². The van der Waals surface area contributed by atoms with Gasteiger partial charge in [0.2, 0.25) is 5.88 Å². The van der Waals surface area contributed by atoms with Gasteiger partial charge in [0.25, 0.3) is 0 Å². The van der Waals surface area contributed by atoms with Crippen LogP contribution < -0.4 is 10.5 Å². The number of nitrogen functional groups attached to an aromatic ring is 1. The lowest BCUT2D eigenvalue weighted by atomic mass is 10.2. The number of ether oxygens (including phenoxy) is 1. The van der Waals surface area contributed by atoms with Crippen molar-refractivity contribution in [3.63, 3.8) is 0 Å². The molecule has 0 amide bonds. The summed E-state index contributed by atoms with van der Waals surface area (Å²) >= 11 is 4.25. The quantitative estimate of drug-likeness (QED) is 0.442. The fourth-order valence-corrected chi connectivity index (χ4v) is 1.65. The van der Waals surface area contributed by atoms with Crippen LogP contribution in [0.2, 0.25) is 0 Å². The molecule has 0 unspecified atom stereocenters. The second kappa shape index (κ2) is 4.88. The predicted molar refractivity (Wildman–Crippen MR) is 69.0 cm³/mol. The van der Waals surface area contributed by atoms with Crippen LogP contribution in [0, 0.1) is 5.41 Å². The fourth-order valence-electron chi connectivity index (χ4n) is 1.33. The number of nitrogens with zero attached hydrogens (tertiary/aromatic N) is 1. The Balaban J connectivity index is 2.24. The number of rotatable bonds is 3. The monoisotopic (exact) mass is 245 g/mol. The molecular formula is C12H11N3OS. The first-order valence-corrected chi connectivity index (χ1v) is 5.38. The van der Waals surface area contributed by atoms with E-state index < -0.39 is 0 Å². The summed E-state index contributed by atoms with van der Waals surface area (Å²) in [5, 5.41) is 7.34. The average Bonchev–Trinajstić information content (AvgIpc) is 2.30. The number of nitrogens with two attached hydrogens (primary N) is 1. The maximum absolute atomic E-state index is 7.34. The number of benzene rings is 1. The van der Waals surface area contributed by atoms with Gasteiger partial charge < -0.3 is 10.5 Å². The van der Waals surface area contributed by atoms with E-state index in [-0.39, 0.29) is 5.84 Å². The lowest BCUT2D eigenvalue weighted by Crippen LogP contribution is -2.11. The number of hydrogen-bond donors (Lipinski definition) is 3. The lowest BCUT2D eigenvalue weighted by molar-refractivity contribution is 0.462. The van der Waals surface area contributed by atoms with Gasteiger partial charge in [0.1, 0.15) is 11.6 Å². The Kier molecular flexibility index (Phi) is 3.30. The third kappa shape index (κ3) is 2.76. The van der Waals surface area contributed by atoms with Crippen LogP contribution in [-0.2, 0) is 0 Å². The molecule has 1 heterocycles. The van der Waals surface area contributed by atoms with Crippen molar-refractivity contribution in [2.45, 2.75) is 4.90 Å². The average molecular weight is 245 g/mol. The highest BCUT2D eigenvalue weighted by molar-refractivity contribution is 7.80. The molecule has 0 spiro atoms. The SMILES string of the molecule is N=C(N)c1ccc(Oc2ccccn2)cc1S. The summed E-state index contributed by atoms with van der Waals surface area (Å²) in [7, 11) is 0. The minimum absolute atomic E-state index is 0.0145. The zero-order chi connectivity index (χ0) is 12.3. The van der Waals surface area contributed by atoms with Gasteiger partial charge in [-0.2, -0.15) is 0 Å². The highest BCUT2D eigenvalue weighted by Crippen LogP contribution is 2.24. The second-order valence-corrected chi connectivity index (χ2v) is 3.84. The zero-order valence-corrected chi connectivity index (χ0v) is 9.82. The molecule has 1 aromatic carbocycles. The second-order valence-electron chi connectivity index (χ2n) is 3.36. The third-order valence-electron chi connectivity index (χ3n) is 2.12. The van der Waals surface area contributed by atoms with Crippen molar-refractivity contribution in [1.82, 2.24) is 4.98 Å². The highest BCUT2D eigenvalue weighted by atomic mass is 32.1. The van der Waals surface area contributed by atoms with E-state index in [1.54, 1.807) is 30.5 Å². The van der Waals surface area contributed by atoms with Crippen LogP contribution in [-0.4, -0.2) is 10.8 Å². The van der Waals surface area contributed by atoms with Crippen molar-refractivity contribution in [1.29, 1.82) is 5.41 Å². The summed E-state index contributed by atoms with van der Waals surface area (Å²) in [6.07, 6.45) is 1.65. The minimum atomic E-state index is -0.0145. The number of pyridine rings is 1. The van der Waals surface area contributed by atoms with Crippen LogP contribution >= 0.6 is 12.6 Å². The molecule has 0 saturated carbocycles. The van der Waals surface area contributed by atoms with Crippen LogP contribution in [0.25, 0.3) is 0 Å². The normalized spacial score (nSPS) is 9.94. The Bertz CT molecular complexity index is 543. The number of aromatic nitrogens is 1. The summed E-state index contributed by atoms with van der Waals surface area (Å²) in [4.78, 5) is 4.65. The first-order chi connectivity index (χ1) is 8.16. The van der Waals surface area contributed by atoms with Crippen molar-refractivity contribution in [3.05, 3.63) is 48.2 Å². The van der Waals surface area contributed by atoms with Gasteiger partial charge >= 0.3 is 0 Å². The van der Waals surface area contributed by atoms with E-state index >= 15 is 0 Å². The van der Waals surface area contributed by atoms with Crippen LogP contribution in [0.5, 0.6) is 11.6 Å². The van der Waals surface area contributed by atoms with Crippen molar-refractivity contribution in [2.75, 3.05) is 0 Å². The molecule has 4 nitrogen and oxygen atoms in total. The Morgan fingerprint density at radius 3 is 2.71 bits per heavy atom.